The Kier molecular flexibility index (Phi) is 11.2. The van der Waals surface area contributed by atoms with Gasteiger partial charge in [0.05, 0.1) is 12.8 Å². The minimum Gasteiger partial charge on any atom is -0.463 e. The maximum atomic E-state index is 11.0. The van der Waals surface area contributed by atoms with E-state index in [9.17, 15) is 4.79 Å². The van der Waals surface area contributed by atoms with Crippen molar-refractivity contribution in [3.63, 3.8) is 0 Å². The average Bonchev–Trinajstić information content (AvgIpc) is 2.40. The molecule has 0 saturated heterocycles. The van der Waals surface area contributed by atoms with E-state index in [0.717, 1.165) is 12.8 Å². The number of ether oxygens (including phenoxy) is 2. The molecular formula is C17H40O6Si4. The Morgan fingerprint density at radius 3 is 1.81 bits per heavy atom. The molecule has 6 nitrogen and oxygen atoms in total. The van der Waals surface area contributed by atoms with E-state index in [1.165, 1.54) is 6.08 Å². The van der Waals surface area contributed by atoms with Gasteiger partial charge in [-0.1, -0.05) is 6.58 Å². The van der Waals surface area contributed by atoms with Crippen LogP contribution in [0.2, 0.25) is 58.9 Å². The van der Waals surface area contributed by atoms with Gasteiger partial charge in [-0.05, 0) is 71.8 Å². The summed E-state index contributed by atoms with van der Waals surface area (Å²) in [7, 11) is -8.28. The predicted octanol–water partition coefficient (Wildman–Crippen LogP) is 4.55. The van der Waals surface area contributed by atoms with E-state index in [2.05, 4.69) is 65.5 Å². The summed E-state index contributed by atoms with van der Waals surface area (Å²) in [6.45, 7) is 23.7. The van der Waals surface area contributed by atoms with Gasteiger partial charge in [0.2, 0.25) is 0 Å². The van der Waals surface area contributed by atoms with Crippen molar-refractivity contribution in [2.24, 2.45) is 0 Å². The van der Waals surface area contributed by atoms with Crippen LogP contribution in [-0.2, 0) is 26.6 Å². The summed E-state index contributed by atoms with van der Waals surface area (Å²) >= 11 is 0. The summed E-state index contributed by atoms with van der Waals surface area (Å²) < 4.78 is 30.2. The molecule has 0 heterocycles. The lowest BCUT2D eigenvalue weighted by Gasteiger charge is -2.41. The number of rotatable bonds is 14. The molecule has 0 aromatic carbocycles. The second-order valence-corrected chi connectivity index (χ2v) is 25.5. The lowest BCUT2D eigenvalue weighted by Crippen LogP contribution is -2.59. The van der Waals surface area contributed by atoms with E-state index in [1.54, 1.807) is 0 Å². The third-order valence-electron chi connectivity index (χ3n) is 2.99. The van der Waals surface area contributed by atoms with Crippen LogP contribution in [0.4, 0.5) is 0 Å². The molecule has 27 heavy (non-hydrogen) atoms. The maximum absolute atomic E-state index is 11.0. The fraction of sp³-hybridized carbons (Fsp3) is 0.824. The predicted molar refractivity (Wildman–Crippen MR) is 120 cm³/mol. The molecule has 1 atom stereocenters. The van der Waals surface area contributed by atoms with Crippen molar-refractivity contribution in [3.8, 4) is 0 Å². The normalized spacial score (nSPS) is 15.3. The summed E-state index contributed by atoms with van der Waals surface area (Å²) in [6, 6.07) is 0. The van der Waals surface area contributed by atoms with Crippen LogP contribution in [-0.4, -0.2) is 59.2 Å². The van der Waals surface area contributed by atoms with Gasteiger partial charge in [0.25, 0.3) is 0 Å². The van der Waals surface area contributed by atoms with Crippen molar-refractivity contribution in [2.45, 2.75) is 71.8 Å². The minimum atomic E-state index is -2.51. The number of unbranched alkanes of at least 4 members (excludes halogenated alkanes) is 1. The Morgan fingerprint density at radius 1 is 0.815 bits per heavy atom. The Labute approximate surface area is 170 Å². The van der Waals surface area contributed by atoms with Crippen molar-refractivity contribution in [3.05, 3.63) is 12.7 Å². The number of hydrogen-bond donors (Lipinski definition) is 0. The van der Waals surface area contributed by atoms with E-state index in [4.69, 9.17) is 21.8 Å². The third kappa shape index (κ3) is 15.5. The second-order valence-electron chi connectivity index (χ2n) is 9.20. The molecular weight excluding hydrogens is 413 g/mol. The Balaban J connectivity index is 4.62. The summed E-state index contributed by atoms with van der Waals surface area (Å²) in [5.41, 5.74) is 0. The molecule has 160 valence electrons. The molecule has 10 heteroatoms. The number of esters is 1. The maximum Gasteiger partial charge on any atom is 0.342 e. The van der Waals surface area contributed by atoms with Gasteiger partial charge >= 0.3 is 23.1 Å². The van der Waals surface area contributed by atoms with Crippen LogP contribution in [0.3, 0.4) is 0 Å². The van der Waals surface area contributed by atoms with Crippen molar-refractivity contribution < 1.29 is 26.6 Å². The largest absolute Gasteiger partial charge is 0.463 e. The van der Waals surface area contributed by atoms with Crippen LogP contribution in [0.5, 0.6) is 0 Å². The SMILES string of the molecule is C=CC(=O)OCCCCOC[Si](C)(O[Si](C)(C)C)O[Si](C)(C)O[Si](C)(C)C. The zero-order valence-electron chi connectivity index (χ0n) is 18.8. The van der Waals surface area contributed by atoms with E-state index in [0.29, 0.717) is 19.4 Å². The van der Waals surface area contributed by atoms with Crippen molar-refractivity contribution >= 4 is 39.7 Å². The zero-order chi connectivity index (χ0) is 21.4. The quantitative estimate of drug-likeness (QED) is 0.167. The van der Waals surface area contributed by atoms with Crippen LogP contribution in [0.1, 0.15) is 12.8 Å². The zero-order valence-corrected chi connectivity index (χ0v) is 22.8. The second kappa shape index (κ2) is 11.2. The first-order chi connectivity index (χ1) is 12.1. The molecule has 0 bridgehead atoms. The van der Waals surface area contributed by atoms with Crippen LogP contribution in [0.15, 0.2) is 12.7 Å². The smallest absolute Gasteiger partial charge is 0.342 e. The molecule has 0 spiro atoms. The van der Waals surface area contributed by atoms with Crippen LogP contribution >= 0.6 is 0 Å². The summed E-state index contributed by atoms with van der Waals surface area (Å²) in [4.78, 5) is 11.0. The lowest BCUT2D eigenvalue weighted by atomic mass is 10.3. The van der Waals surface area contributed by atoms with E-state index < -0.39 is 33.8 Å². The molecule has 0 radical (unpaired) electrons. The highest BCUT2D eigenvalue weighted by Crippen LogP contribution is 2.24. The van der Waals surface area contributed by atoms with E-state index in [-0.39, 0.29) is 5.97 Å². The standard InChI is InChI=1S/C17H40O6Si4/c1-11-17(18)20-15-13-12-14-19-16-27(10,22-25(5,6)7)23-26(8,9)21-24(2,3)4/h11H,1,12-16H2,2-10H3. The van der Waals surface area contributed by atoms with Gasteiger partial charge in [-0.15, -0.1) is 0 Å². The third-order valence-corrected chi connectivity index (χ3v) is 16.0. The van der Waals surface area contributed by atoms with Gasteiger partial charge in [-0.2, -0.15) is 0 Å². The first-order valence-corrected chi connectivity index (χ1v) is 21.7. The highest BCUT2D eigenvalue weighted by molar-refractivity contribution is 6.89. The van der Waals surface area contributed by atoms with Gasteiger partial charge in [0, 0.05) is 12.7 Å². The summed E-state index contributed by atoms with van der Waals surface area (Å²) in [6.07, 6.45) is 3.22. The fourth-order valence-corrected chi connectivity index (χ4v) is 20.1. The highest BCUT2D eigenvalue weighted by atomic mass is 28.5. The molecule has 0 aromatic rings. The van der Waals surface area contributed by atoms with Crippen molar-refractivity contribution in [1.29, 1.82) is 0 Å². The van der Waals surface area contributed by atoms with Gasteiger partial charge in [-0.3, -0.25) is 0 Å². The number of hydrogen-bond acceptors (Lipinski definition) is 6. The van der Waals surface area contributed by atoms with Crippen LogP contribution in [0.25, 0.3) is 0 Å². The van der Waals surface area contributed by atoms with Crippen LogP contribution in [0, 0.1) is 0 Å². The Bertz CT molecular complexity index is 473. The number of carbonyl (C=O) groups excluding carboxylic acids is 1. The highest BCUT2D eigenvalue weighted by Gasteiger charge is 2.44. The average molecular weight is 453 g/mol. The minimum absolute atomic E-state index is 0.384. The van der Waals surface area contributed by atoms with E-state index >= 15 is 0 Å². The Morgan fingerprint density at radius 2 is 1.33 bits per heavy atom. The van der Waals surface area contributed by atoms with Crippen molar-refractivity contribution in [2.75, 3.05) is 19.4 Å². The molecule has 0 aliphatic carbocycles. The Hall–Kier alpha value is -0.0825. The number of carbonyl (C=O) groups is 1. The van der Waals surface area contributed by atoms with E-state index in [1.807, 2.05) is 0 Å². The first kappa shape index (κ1) is 26.9. The molecule has 0 aromatic heterocycles. The van der Waals surface area contributed by atoms with Crippen molar-refractivity contribution in [1.82, 2.24) is 0 Å². The molecule has 0 aliphatic heterocycles. The van der Waals surface area contributed by atoms with Crippen LogP contribution < -0.4 is 0 Å². The molecule has 0 saturated carbocycles. The van der Waals surface area contributed by atoms with Gasteiger partial charge in [0.1, 0.15) is 0 Å². The molecule has 0 amide bonds. The lowest BCUT2D eigenvalue weighted by molar-refractivity contribution is -0.137. The summed E-state index contributed by atoms with van der Waals surface area (Å²) in [5.74, 6) is -0.387. The fourth-order valence-electron chi connectivity index (χ4n) is 2.80. The topological polar surface area (TPSA) is 63.2 Å². The van der Waals surface area contributed by atoms with Gasteiger partial charge in [-0.25, -0.2) is 4.79 Å². The monoisotopic (exact) mass is 452 g/mol. The summed E-state index contributed by atoms with van der Waals surface area (Å²) in [5, 5.41) is 0. The molecule has 1 unspecified atom stereocenters. The molecule has 0 rings (SSSR count). The van der Waals surface area contributed by atoms with Gasteiger partial charge in [0.15, 0.2) is 16.6 Å². The first-order valence-electron chi connectivity index (χ1n) is 9.55. The van der Waals surface area contributed by atoms with Gasteiger partial charge < -0.3 is 21.8 Å². The molecule has 0 N–H and O–H groups in total. The molecule has 0 fully saturated rings. The molecule has 0 aliphatic rings.